The first-order valence-electron chi connectivity index (χ1n) is 4.09. The molecule has 0 spiro atoms. The molecule has 1 rings (SSSR count). The summed E-state index contributed by atoms with van der Waals surface area (Å²) in [6, 6.07) is 4.12. The molecule has 0 unspecified atom stereocenters. The maximum absolute atomic E-state index is 12.3. The number of oxime groups is 1. The van der Waals surface area contributed by atoms with Gasteiger partial charge in [0.15, 0.2) is 0 Å². The Balaban J connectivity index is 2.87. The summed E-state index contributed by atoms with van der Waals surface area (Å²) in [5, 5.41) is 12.6. The zero-order chi connectivity index (χ0) is 12.2. The molecule has 0 saturated carbocycles. The summed E-state index contributed by atoms with van der Waals surface area (Å²) in [5.74, 6) is -0.818. The van der Waals surface area contributed by atoms with Crippen LogP contribution in [0.3, 0.4) is 0 Å². The number of carbonyl (C=O) groups is 1. The number of amides is 1. The third kappa shape index (κ3) is 3.26. The molecule has 16 heavy (non-hydrogen) atoms. The first kappa shape index (κ1) is 12.0. The minimum absolute atomic E-state index is 0.0280. The second-order valence-corrected chi connectivity index (χ2v) is 2.81. The predicted octanol–water partition coefficient (Wildman–Crippen LogP) is 2.10. The van der Waals surface area contributed by atoms with Gasteiger partial charge in [-0.25, -0.2) is 0 Å². The van der Waals surface area contributed by atoms with Crippen molar-refractivity contribution < 1.29 is 23.2 Å². The molecule has 0 aliphatic carbocycles. The summed E-state index contributed by atoms with van der Waals surface area (Å²) in [6.07, 6.45) is -3.92. The molecular formula is C9H7F3N2O2. The van der Waals surface area contributed by atoms with E-state index in [1.165, 1.54) is 6.07 Å². The lowest BCUT2D eigenvalue weighted by Crippen LogP contribution is -2.13. The molecule has 7 heteroatoms. The van der Waals surface area contributed by atoms with Gasteiger partial charge in [-0.1, -0.05) is 11.2 Å². The van der Waals surface area contributed by atoms with E-state index in [1.54, 1.807) is 0 Å². The van der Waals surface area contributed by atoms with Crippen LogP contribution in [0.15, 0.2) is 29.4 Å². The normalized spacial score (nSPS) is 11.7. The smallest absolute Gasteiger partial charge is 0.411 e. The molecule has 4 nitrogen and oxygen atoms in total. The van der Waals surface area contributed by atoms with Crippen LogP contribution in [-0.2, 0) is 11.0 Å². The number of benzene rings is 1. The van der Waals surface area contributed by atoms with Crippen molar-refractivity contribution in [2.75, 3.05) is 5.32 Å². The molecule has 0 aliphatic rings. The SMILES string of the molecule is O=C(/C=N\O)Nc1cccc(C(F)(F)F)c1. The molecule has 86 valence electrons. The van der Waals surface area contributed by atoms with Gasteiger partial charge < -0.3 is 10.5 Å². The van der Waals surface area contributed by atoms with Gasteiger partial charge in [-0.05, 0) is 18.2 Å². The minimum atomic E-state index is -4.47. The van der Waals surface area contributed by atoms with Crippen LogP contribution in [0.4, 0.5) is 18.9 Å². The molecule has 2 N–H and O–H groups in total. The van der Waals surface area contributed by atoms with Crippen molar-refractivity contribution in [2.24, 2.45) is 5.16 Å². The average molecular weight is 232 g/mol. The Morgan fingerprint density at radius 3 is 2.69 bits per heavy atom. The maximum Gasteiger partial charge on any atom is 0.416 e. The molecule has 0 bridgehead atoms. The Hall–Kier alpha value is -2.05. The van der Waals surface area contributed by atoms with Gasteiger partial charge in [0.2, 0.25) is 0 Å². The molecule has 0 aliphatic heterocycles. The number of anilines is 1. The first-order valence-corrected chi connectivity index (χ1v) is 4.09. The van der Waals surface area contributed by atoms with Crippen molar-refractivity contribution in [3.8, 4) is 0 Å². The lowest BCUT2D eigenvalue weighted by Gasteiger charge is -2.08. The van der Waals surface area contributed by atoms with E-state index in [-0.39, 0.29) is 5.69 Å². The molecule has 0 aromatic heterocycles. The summed E-state index contributed by atoms with van der Waals surface area (Å²) < 4.78 is 36.8. The highest BCUT2D eigenvalue weighted by Crippen LogP contribution is 2.30. The molecule has 0 saturated heterocycles. The highest BCUT2D eigenvalue weighted by molar-refractivity contribution is 6.31. The minimum Gasteiger partial charge on any atom is -0.411 e. The van der Waals surface area contributed by atoms with Crippen LogP contribution in [0.5, 0.6) is 0 Å². The quantitative estimate of drug-likeness (QED) is 0.466. The number of carbonyl (C=O) groups excluding carboxylic acids is 1. The Bertz CT molecular complexity index is 415. The molecule has 0 atom stereocenters. The number of alkyl halides is 3. The summed E-state index contributed by atoms with van der Waals surface area (Å²) in [5.41, 5.74) is -0.897. The molecule has 1 aromatic rings. The molecule has 0 heterocycles. The van der Waals surface area contributed by atoms with E-state index in [1.807, 2.05) is 0 Å². The van der Waals surface area contributed by atoms with Crippen molar-refractivity contribution in [1.29, 1.82) is 0 Å². The third-order valence-electron chi connectivity index (χ3n) is 1.63. The van der Waals surface area contributed by atoms with Crippen molar-refractivity contribution in [2.45, 2.75) is 6.18 Å². The van der Waals surface area contributed by atoms with Gasteiger partial charge in [0, 0.05) is 5.69 Å². The van der Waals surface area contributed by atoms with Crippen LogP contribution >= 0.6 is 0 Å². The standard InChI is InChI=1S/C9H7F3N2O2/c10-9(11,12)6-2-1-3-7(4-6)14-8(15)5-13-16/h1-5,16H,(H,14,15)/b13-5-. The molecule has 1 amide bonds. The number of nitrogens with one attached hydrogen (secondary N) is 1. The van der Waals surface area contributed by atoms with Crippen LogP contribution in [0.1, 0.15) is 5.56 Å². The van der Waals surface area contributed by atoms with E-state index in [0.717, 1.165) is 18.2 Å². The molecule has 1 aromatic carbocycles. The number of hydrogen-bond donors (Lipinski definition) is 2. The highest BCUT2D eigenvalue weighted by atomic mass is 19.4. The Morgan fingerprint density at radius 1 is 1.44 bits per heavy atom. The highest BCUT2D eigenvalue weighted by Gasteiger charge is 2.30. The van der Waals surface area contributed by atoms with E-state index in [9.17, 15) is 18.0 Å². The van der Waals surface area contributed by atoms with Gasteiger partial charge in [0.05, 0.1) is 5.56 Å². The summed E-state index contributed by atoms with van der Waals surface area (Å²) in [6.45, 7) is 0. The largest absolute Gasteiger partial charge is 0.416 e. The topological polar surface area (TPSA) is 61.7 Å². The van der Waals surface area contributed by atoms with Gasteiger partial charge in [0.25, 0.3) is 5.91 Å². The van der Waals surface area contributed by atoms with Crippen molar-refractivity contribution in [1.82, 2.24) is 0 Å². The van der Waals surface area contributed by atoms with E-state index >= 15 is 0 Å². The van der Waals surface area contributed by atoms with Gasteiger partial charge >= 0.3 is 6.18 Å². The van der Waals surface area contributed by atoms with Crippen LogP contribution in [0.25, 0.3) is 0 Å². The lowest BCUT2D eigenvalue weighted by molar-refractivity contribution is -0.137. The van der Waals surface area contributed by atoms with E-state index < -0.39 is 17.6 Å². The Labute approximate surface area is 88.4 Å². The van der Waals surface area contributed by atoms with E-state index in [4.69, 9.17) is 5.21 Å². The Morgan fingerprint density at radius 2 is 2.12 bits per heavy atom. The molecule has 0 fully saturated rings. The maximum atomic E-state index is 12.3. The van der Waals surface area contributed by atoms with Crippen molar-refractivity contribution >= 4 is 17.8 Å². The van der Waals surface area contributed by atoms with Crippen LogP contribution in [0.2, 0.25) is 0 Å². The van der Waals surface area contributed by atoms with Gasteiger partial charge in [-0.3, -0.25) is 4.79 Å². The average Bonchev–Trinajstić information content (AvgIpc) is 2.17. The molecule has 0 radical (unpaired) electrons. The van der Waals surface area contributed by atoms with Crippen molar-refractivity contribution in [3.63, 3.8) is 0 Å². The summed E-state index contributed by atoms with van der Waals surface area (Å²) >= 11 is 0. The first-order chi connectivity index (χ1) is 7.43. The second kappa shape index (κ2) is 4.65. The third-order valence-corrected chi connectivity index (χ3v) is 1.63. The van der Waals surface area contributed by atoms with Crippen LogP contribution in [-0.4, -0.2) is 17.3 Å². The van der Waals surface area contributed by atoms with Crippen LogP contribution < -0.4 is 5.32 Å². The fourth-order valence-electron chi connectivity index (χ4n) is 1.00. The second-order valence-electron chi connectivity index (χ2n) is 2.81. The number of nitrogens with zero attached hydrogens (tertiary/aromatic N) is 1. The number of hydrogen-bond acceptors (Lipinski definition) is 3. The predicted molar refractivity (Wildman–Crippen MR) is 50.4 cm³/mol. The van der Waals surface area contributed by atoms with E-state index in [0.29, 0.717) is 6.21 Å². The zero-order valence-corrected chi connectivity index (χ0v) is 7.82. The lowest BCUT2D eigenvalue weighted by atomic mass is 10.2. The van der Waals surface area contributed by atoms with Gasteiger partial charge in [-0.15, -0.1) is 0 Å². The summed E-state index contributed by atoms with van der Waals surface area (Å²) in [4.78, 5) is 10.9. The monoisotopic (exact) mass is 232 g/mol. The number of rotatable bonds is 2. The van der Waals surface area contributed by atoms with Crippen molar-refractivity contribution in [3.05, 3.63) is 29.8 Å². The summed E-state index contributed by atoms with van der Waals surface area (Å²) in [7, 11) is 0. The fourth-order valence-corrected chi connectivity index (χ4v) is 1.00. The van der Waals surface area contributed by atoms with Crippen LogP contribution in [0, 0.1) is 0 Å². The molecular weight excluding hydrogens is 225 g/mol. The van der Waals surface area contributed by atoms with Gasteiger partial charge in [-0.2, -0.15) is 13.2 Å². The van der Waals surface area contributed by atoms with E-state index in [2.05, 4.69) is 10.5 Å². The zero-order valence-electron chi connectivity index (χ0n) is 7.82. The Kier molecular flexibility index (Phi) is 3.49. The fraction of sp³-hybridized carbons (Fsp3) is 0.111. The number of halogens is 3. The van der Waals surface area contributed by atoms with Gasteiger partial charge in [0.1, 0.15) is 6.21 Å².